The van der Waals surface area contributed by atoms with E-state index in [0.717, 1.165) is 31.1 Å². The van der Waals surface area contributed by atoms with Gasteiger partial charge in [-0.05, 0) is 25.0 Å². The molecule has 0 unspecified atom stereocenters. The molecule has 4 heteroatoms. The predicted molar refractivity (Wildman–Crippen MR) is 83.6 cm³/mol. The molecule has 3 rings (SSSR count). The van der Waals surface area contributed by atoms with Gasteiger partial charge in [0.2, 0.25) is 0 Å². The fourth-order valence-corrected chi connectivity index (χ4v) is 2.81. The van der Waals surface area contributed by atoms with Crippen molar-refractivity contribution in [1.29, 1.82) is 0 Å². The summed E-state index contributed by atoms with van der Waals surface area (Å²) in [7, 11) is 1.72. The molecule has 0 aliphatic carbocycles. The van der Waals surface area contributed by atoms with Crippen LogP contribution in [0, 0.1) is 0 Å². The van der Waals surface area contributed by atoms with E-state index in [4.69, 9.17) is 4.74 Å². The van der Waals surface area contributed by atoms with Gasteiger partial charge in [-0.15, -0.1) is 0 Å². The number of benzene rings is 1. The molecule has 1 aromatic heterocycles. The Hall–Kier alpha value is -1.81. The third-order valence-electron chi connectivity index (χ3n) is 3.81. The molecule has 0 saturated carbocycles. The van der Waals surface area contributed by atoms with Crippen molar-refractivity contribution in [2.75, 3.05) is 43.6 Å². The first-order chi connectivity index (χ1) is 9.90. The Bertz CT molecular complexity index is 579. The van der Waals surface area contributed by atoms with E-state index in [2.05, 4.69) is 39.5 Å². The molecule has 0 bridgehead atoms. The molecule has 0 spiro atoms. The van der Waals surface area contributed by atoms with Crippen molar-refractivity contribution in [3.8, 4) is 0 Å². The van der Waals surface area contributed by atoms with Gasteiger partial charge in [-0.1, -0.05) is 12.1 Å². The van der Waals surface area contributed by atoms with Crippen molar-refractivity contribution in [1.82, 2.24) is 4.98 Å². The minimum Gasteiger partial charge on any atom is -0.383 e. The Balaban J connectivity index is 1.95. The van der Waals surface area contributed by atoms with Gasteiger partial charge < -0.3 is 15.0 Å². The number of hydrogen-bond donors (Lipinski definition) is 1. The summed E-state index contributed by atoms with van der Waals surface area (Å²) >= 11 is 0. The lowest BCUT2D eigenvalue weighted by Crippen LogP contribution is -2.19. The van der Waals surface area contributed by atoms with Crippen LogP contribution in [0.3, 0.4) is 0 Å². The molecule has 0 radical (unpaired) electrons. The summed E-state index contributed by atoms with van der Waals surface area (Å²) in [5.41, 5.74) is 1.15. The summed E-state index contributed by atoms with van der Waals surface area (Å²) in [4.78, 5) is 6.99. The van der Waals surface area contributed by atoms with Gasteiger partial charge in [-0.25, -0.2) is 4.98 Å². The summed E-state index contributed by atoms with van der Waals surface area (Å²) in [6.07, 6.45) is 4.45. The molecule has 2 aromatic rings. The van der Waals surface area contributed by atoms with E-state index in [1.165, 1.54) is 23.6 Å². The zero-order chi connectivity index (χ0) is 13.8. The number of hydrogen-bond acceptors (Lipinski definition) is 4. The third-order valence-corrected chi connectivity index (χ3v) is 3.81. The number of nitrogens with one attached hydrogen (secondary N) is 1. The second kappa shape index (κ2) is 6.09. The van der Waals surface area contributed by atoms with E-state index >= 15 is 0 Å². The number of anilines is 2. The van der Waals surface area contributed by atoms with Gasteiger partial charge in [-0.2, -0.15) is 0 Å². The van der Waals surface area contributed by atoms with E-state index in [1.54, 1.807) is 7.11 Å². The number of aromatic nitrogens is 1. The highest BCUT2D eigenvalue weighted by Crippen LogP contribution is 2.31. The normalized spacial score (nSPS) is 14.9. The van der Waals surface area contributed by atoms with Gasteiger partial charge in [0.25, 0.3) is 0 Å². The molecular formula is C16H21N3O. The van der Waals surface area contributed by atoms with Crippen molar-refractivity contribution in [3.63, 3.8) is 0 Å². The largest absolute Gasteiger partial charge is 0.383 e. The van der Waals surface area contributed by atoms with Crippen molar-refractivity contribution in [3.05, 3.63) is 30.5 Å². The number of fused-ring (bicyclic) bond motifs is 1. The molecule has 1 fully saturated rings. The average Bonchev–Trinajstić information content (AvgIpc) is 3.01. The van der Waals surface area contributed by atoms with Crippen LogP contribution < -0.4 is 10.2 Å². The first kappa shape index (κ1) is 13.2. The van der Waals surface area contributed by atoms with Crippen LogP contribution in [0.2, 0.25) is 0 Å². The molecule has 1 aliphatic heterocycles. The van der Waals surface area contributed by atoms with Crippen LogP contribution >= 0.6 is 0 Å². The minimum atomic E-state index is 0.709. The standard InChI is InChI=1S/C16H21N3O/c1-20-12-9-17-15-6-4-5-14-13(15)7-8-18-16(14)19-10-2-3-11-19/h4-8,17H,2-3,9-12H2,1H3. The molecule has 2 heterocycles. The molecular weight excluding hydrogens is 250 g/mol. The summed E-state index contributed by atoms with van der Waals surface area (Å²) in [5, 5.41) is 5.90. The van der Waals surface area contributed by atoms with Gasteiger partial charge >= 0.3 is 0 Å². The summed E-state index contributed by atoms with van der Waals surface area (Å²) in [5.74, 6) is 1.12. The number of nitrogens with zero attached hydrogens (tertiary/aromatic N) is 2. The smallest absolute Gasteiger partial charge is 0.136 e. The van der Waals surface area contributed by atoms with Gasteiger partial charge in [0.1, 0.15) is 5.82 Å². The van der Waals surface area contributed by atoms with Crippen molar-refractivity contribution >= 4 is 22.3 Å². The molecule has 1 N–H and O–H groups in total. The van der Waals surface area contributed by atoms with Crippen LogP contribution in [0.1, 0.15) is 12.8 Å². The number of methoxy groups -OCH3 is 1. The summed E-state index contributed by atoms with van der Waals surface area (Å²) < 4.78 is 5.10. The lowest BCUT2D eigenvalue weighted by atomic mass is 10.1. The van der Waals surface area contributed by atoms with E-state index in [9.17, 15) is 0 Å². The van der Waals surface area contributed by atoms with Crippen molar-refractivity contribution in [2.45, 2.75) is 12.8 Å². The molecule has 106 valence electrons. The van der Waals surface area contributed by atoms with Crippen LogP contribution in [0.15, 0.2) is 30.5 Å². The maximum absolute atomic E-state index is 5.10. The highest BCUT2D eigenvalue weighted by molar-refractivity contribution is 6.00. The fraction of sp³-hybridized carbons (Fsp3) is 0.438. The SMILES string of the molecule is COCCNc1cccc2c(N3CCCC3)nccc12. The van der Waals surface area contributed by atoms with Gasteiger partial charge in [-0.3, -0.25) is 0 Å². The molecule has 1 aliphatic rings. The van der Waals surface area contributed by atoms with Gasteiger partial charge in [0, 0.05) is 49.4 Å². The Morgan fingerprint density at radius 2 is 2.05 bits per heavy atom. The molecule has 1 saturated heterocycles. The molecule has 0 amide bonds. The van der Waals surface area contributed by atoms with E-state index in [0.29, 0.717) is 6.61 Å². The average molecular weight is 271 g/mol. The van der Waals surface area contributed by atoms with E-state index < -0.39 is 0 Å². The van der Waals surface area contributed by atoms with E-state index in [1.807, 2.05) is 6.20 Å². The Morgan fingerprint density at radius 1 is 1.20 bits per heavy atom. The molecule has 20 heavy (non-hydrogen) atoms. The van der Waals surface area contributed by atoms with Crippen LogP contribution in [-0.4, -0.2) is 38.3 Å². The zero-order valence-corrected chi connectivity index (χ0v) is 11.9. The number of ether oxygens (including phenoxy) is 1. The second-order valence-electron chi connectivity index (χ2n) is 5.15. The van der Waals surface area contributed by atoms with E-state index in [-0.39, 0.29) is 0 Å². The number of pyridine rings is 1. The quantitative estimate of drug-likeness (QED) is 0.849. The molecule has 0 atom stereocenters. The summed E-state index contributed by atoms with van der Waals surface area (Å²) in [6.45, 7) is 3.76. The molecule has 1 aromatic carbocycles. The van der Waals surface area contributed by atoms with Crippen LogP contribution in [0.5, 0.6) is 0 Å². The lowest BCUT2D eigenvalue weighted by Gasteiger charge is -2.19. The topological polar surface area (TPSA) is 37.4 Å². The maximum atomic E-state index is 5.10. The Morgan fingerprint density at radius 3 is 2.85 bits per heavy atom. The highest BCUT2D eigenvalue weighted by atomic mass is 16.5. The Kier molecular flexibility index (Phi) is 4.02. The maximum Gasteiger partial charge on any atom is 0.136 e. The Labute approximate surface area is 119 Å². The van der Waals surface area contributed by atoms with Crippen LogP contribution in [-0.2, 0) is 4.74 Å². The molecule has 4 nitrogen and oxygen atoms in total. The highest BCUT2D eigenvalue weighted by Gasteiger charge is 2.16. The number of rotatable bonds is 5. The predicted octanol–water partition coefficient (Wildman–Crippen LogP) is 2.89. The van der Waals surface area contributed by atoms with Crippen LogP contribution in [0.25, 0.3) is 10.8 Å². The fourth-order valence-electron chi connectivity index (χ4n) is 2.81. The first-order valence-corrected chi connectivity index (χ1v) is 7.25. The van der Waals surface area contributed by atoms with Crippen LogP contribution in [0.4, 0.5) is 11.5 Å². The lowest BCUT2D eigenvalue weighted by molar-refractivity contribution is 0.211. The summed E-state index contributed by atoms with van der Waals surface area (Å²) in [6, 6.07) is 8.46. The first-order valence-electron chi connectivity index (χ1n) is 7.25. The van der Waals surface area contributed by atoms with Crippen molar-refractivity contribution < 1.29 is 4.74 Å². The van der Waals surface area contributed by atoms with Gasteiger partial charge in [0.05, 0.1) is 6.61 Å². The zero-order valence-electron chi connectivity index (χ0n) is 11.9. The second-order valence-corrected chi connectivity index (χ2v) is 5.15. The monoisotopic (exact) mass is 271 g/mol. The van der Waals surface area contributed by atoms with Crippen molar-refractivity contribution in [2.24, 2.45) is 0 Å². The third kappa shape index (κ3) is 2.56. The van der Waals surface area contributed by atoms with Gasteiger partial charge in [0.15, 0.2) is 0 Å². The minimum absolute atomic E-state index is 0.709.